The van der Waals surface area contributed by atoms with Crippen LogP contribution in [0.5, 0.6) is 0 Å². The molecule has 1 aromatic carbocycles. The van der Waals surface area contributed by atoms with E-state index in [4.69, 9.17) is 9.47 Å². The van der Waals surface area contributed by atoms with E-state index in [0.717, 1.165) is 31.2 Å². The summed E-state index contributed by atoms with van der Waals surface area (Å²) in [5, 5.41) is 16.8. The van der Waals surface area contributed by atoms with Crippen LogP contribution in [-0.4, -0.2) is 77.7 Å². The Hall–Kier alpha value is -4.04. The van der Waals surface area contributed by atoms with Gasteiger partial charge < -0.3 is 30.7 Å². The van der Waals surface area contributed by atoms with E-state index in [0.29, 0.717) is 12.8 Å². The Morgan fingerprint density at radius 1 is 0.667 bits per heavy atom. The maximum absolute atomic E-state index is 13.8. The van der Waals surface area contributed by atoms with Crippen LogP contribution in [0.15, 0.2) is 30.3 Å². The van der Waals surface area contributed by atoms with Gasteiger partial charge in [-0.05, 0) is 77.7 Å². The van der Waals surface area contributed by atoms with Gasteiger partial charge in [0.1, 0.15) is 24.3 Å². The highest BCUT2D eigenvalue weighted by atomic mass is 16.6. The predicted octanol–water partition coefficient (Wildman–Crippen LogP) is 3.82. The first-order valence-corrected chi connectivity index (χ1v) is 18.0. The van der Waals surface area contributed by atoms with Crippen LogP contribution in [0.2, 0.25) is 0 Å². The zero-order valence-electron chi connectivity index (χ0n) is 31.7. The Morgan fingerprint density at radius 3 is 1.78 bits per heavy atom. The highest BCUT2D eigenvalue weighted by molar-refractivity contribution is 5.98. The average molecular weight is 717 g/mol. The van der Waals surface area contributed by atoms with Crippen molar-refractivity contribution in [3.8, 4) is 0 Å². The lowest BCUT2D eigenvalue weighted by Crippen LogP contribution is -2.61. The summed E-state index contributed by atoms with van der Waals surface area (Å²) in [5.41, 5.74) is -0.0206. The molecule has 1 saturated carbocycles. The molecule has 14 nitrogen and oxygen atoms in total. The van der Waals surface area contributed by atoms with E-state index < -0.39 is 59.7 Å². The van der Waals surface area contributed by atoms with E-state index in [1.54, 1.807) is 39.8 Å². The fraction of sp³-hybridized carbons (Fsp3) is 0.676. The summed E-state index contributed by atoms with van der Waals surface area (Å²) in [4.78, 5) is 77.0. The van der Waals surface area contributed by atoms with Gasteiger partial charge >= 0.3 is 12.2 Å². The van der Waals surface area contributed by atoms with Crippen molar-refractivity contribution < 1.29 is 38.2 Å². The van der Waals surface area contributed by atoms with Gasteiger partial charge in [-0.2, -0.15) is 0 Å². The molecular weight excluding hydrogens is 656 g/mol. The van der Waals surface area contributed by atoms with Gasteiger partial charge in [0.05, 0.1) is 12.1 Å². The van der Waals surface area contributed by atoms with Crippen LogP contribution >= 0.6 is 0 Å². The molecule has 1 aromatic rings. The maximum Gasteiger partial charge on any atom is 0.414 e. The fourth-order valence-corrected chi connectivity index (χ4v) is 5.75. The summed E-state index contributed by atoms with van der Waals surface area (Å²) in [6, 6.07) is 5.42. The van der Waals surface area contributed by atoms with Gasteiger partial charge in [0, 0.05) is 12.1 Å². The molecular formula is C37H60N6O8. The molecule has 51 heavy (non-hydrogen) atoms. The number of imide groups is 2. The molecule has 0 aliphatic heterocycles. The van der Waals surface area contributed by atoms with Crippen molar-refractivity contribution in [3.63, 3.8) is 0 Å². The summed E-state index contributed by atoms with van der Waals surface area (Å²) < 4.78 is 10.3. The first-order chi connectivity index (χ1) is 23.8. The van der Waals surface area contributed by atoms with E-state index >= 15 is 0 Å². The Labute approximate surface area is 302 Å². The molecule has 6 N–H and O–H groups in total. The van der Waals surface area contributed by atoms with Gasteiger partial charge in [0.25, 0.3) is 11.8 Å². The summed E-state index contributed by atoms with van der Waals surface area (Å²) in [6.07, 6.45) is 2.39. The molecule has 0 spiro atoms. The van der Waals surface area contributed by atoms with Crippen LogP contribution in [-0.2, 0) is 35.3 Å². The zero-order valence-corrected chi connectivity index (χ0v) is 31.7. The Bertz CT molecular complexity index is 1320. The third kappa shape index (κ3) is 16.7. The highest BCUT2D eigenvalue weighted by Gasteiger charge is 2.34. The van der Waals surface area contributed by atoms with Crippen LogP contribution in [0.1, 0.15) is 106 Å². The molecule has 6 atom stereocenters. The summed E-state index contributed by atoms with van der Waals surface area (Å²) >= 11 is 0. The van der Waals surface area contributed by atoms with E-state index in [-0.39, 0.29) is 36.4 Å². The Kier molecular flexibility index (Phi) is 17.5. The van der Waals surface area contributed by atoms with Gasteiger partial charge in [-0.3, -0.25) is 29.8 Å². The highest BCUT2D eigenvalue weighted by Crippen LogP contribution is 2.21. The molecule has 0 bridgehead atoms. The summed E-state index contributed by atoms with van der Waals surface area (Å²) in [7, 11) is 0. The molecule has 1 aliphatic rings. The number of nitrogens with one attached hydrogen (secondary N) is 6. The van der Waals surface area contributed by atoms with E-state index in [2.05, 4.69) is 31.9 Å². The van der Waals surface area contributed by atoms with Crippen LogP contribution in [0.3, 0.4) is 0 Å². The SMILES string of the molecule is CC(C)C[C@H](N[C@@H]1CCCC[C@H]1N[C@@H](C)C(=O)N[C@H](C)C(=O)NC(=O)OCc1ccccc1)C(=O)N[C@H](CC(C)C)C(=O)NC(=O)OC(C)(C)C. The van der Waals surface area contributed by atoms with E-state index in [1.807, 2.05) is 45.9 Å². The van der Waals surface area contributed by atoms with Crippen LogP contribution < -0.4 is 31.9 Å². The summed E-state index contributed by atoms with van der Waals surface area (Å²) in [5.74, 6) is -1.93. The van der Waals surface area contributed by atoms with Crippen LogP contribution in [0.25, 0.3) is 0 Å². The quantitative estimate of drug-likeness (QED) is 0.147. The lowest BCUT2D eigenvalue weighted by Gasteiger charge is -2.37. The molecule has 2 rings (SSSR count). The number of hydrogen-bond acceptors (Lipinski definition) is 10. The smallest absolute Gasteiger partial charge is 0.414 e. The van der Waals surface area contributed by atoms with Crippen LogP contribution in [0.4, 0.5) is 9.59 Å². The average Bonchev–Trinajstić information content (AvgIpc) is 3.02. The second kappa shape index (κ2) is 20.7. The number of carbonyl (C=O) groups is 6. The van der Waals surface area contributed by atoms with E-state index in [1.165, 1.54) is 6.92 Å². The number of alkyl carbamates (subject to hydrolysis) is 2. The van der Waals surface area contributed by atoms with Gasteiger partial charge in [-0.25, -0.2) is 9.59 Å². The van der Waals surface area contributed by atoms with Crippen molar-refractivity contribution in [2.24, 2.45) is 11.8 Å². The summed E-state index contributed by atoms with van der Waals surface area (Å²) in [6.45, 7) is 16.1. The van der Waals surface area contributed by atoms with Crippen molar-refractivity contribution in [2.75, 3.05) is 0 Å². The second-order valence-electron chi connectivity index (χ2n) is 15.2. The van der Waals surface area contributed by atoms with Gasteiger partial charge in [0.2, 0.25) is 11.8 Å². The van der Waals surface area contributed by atoms with Crippen molar-refractivity contribution in [3.05, 3.63) is 35.9 Å². The minimum Gasteiger partial charge on any atom is -0.444 e. The molecule has 1 fully saturated rings. The lowest BCUT2D eigenvalue weighted by molar-refractivity contribution is -0.130. The molecule has 1 aliphatic carbocycles. The van der Waals surface area contributed by atoms with Crippen molar-refractivity contribution in [1.82, 2.24) is 31.9 Å². The number of amides is 6. The first-order valence-electron chi connectivity index (χ1n) is 18.0. The van der Waals surface area contributed by atoms with Crippen LogP contribution in [0, 0.1) is 11.8 Å². The van der Waals surface area contributed by atoms with Crippen molar-refractivity contribution in [2.45, 2.75) is 149 Å². The van der Waals surface area contributed by atoms with Gasteiger partial charge in [-0.15, -0.1) is 0 Å². The second-order valence-corrected chi connectivity index (χ2v) is 15.2. The standard InChI is InChI=1S/C37H60N6O8/c1-22(2)19-29(33(46)41-30(20-23(3)4)34(47)43-36(49)51-37(7,8)9)40-28-18-14-13-17-27(28)38-24(5)31(44)39-25(6)32(45)42-35(48)50-21-26-15-11-10-12-16-26/h10-12,15-16,22-25,27-30,38,40H,13-14,17-21H2,1-9H3,(H,39,44)(H,41,46)(H,42,45,48)(H,43,47,49)/t24-,25+,27+,28+,29-,30+/m0/s1. The molecule has 6 amide bonds. The molecule has 0 unspecified atom stereocenters. The third-order valence-corrected chi connectivity index (χ3v) is 8.22. The molecule has 0 saturated heterocycles. The van der Waals surface area contributed by atoms with Crippen molar-refractivity contribution >= 4 is 35.8 Å². The predicted molar refractivity (Wildman–Crippen MR) is 193 cm³/mol. The van der Waals surface area contributed by atoms with E-state index in [9.17, 15) is 28.8 Å². The van der Waals surface area contributed by atoms with Gasteiger partial charge in [-0.1, -0.05) is 70.9 Å². The molecule has 0 aromatic heterocycles. The monoisotopic (exact) mass is 716 g/mol. The minimum atomic E-state index is -1.00. The number of rotatable bonds is 16. The lowest BCUT2D eigenvalue weighted by atomic mass is 9.88. The molecule has 0 radical (unpaired) electrons. The van der Waals surface area contributed by atoms with Crippen molar-refractivity contribution in [1.29, 1.82) is 0 Å². The zero-order chi connectivity index (χ0) is 38.3. The first kappa shape index (κ1) is 43.1. The Morgan fingerprint density at radius 2 is 1.22 bits per heavy atom. The Balaban J connectivity index is 2.02. The third-order valence-electron chi connectivity index (χ3n) is 8.22. The number of benzene rings is 1. The minimum absolute atomic E-state index is 0.000118. The number of ether oxygens (including phenoxy) is 2. The topological polar surface area (TPSA) is 193 Å². The molecule has 0 heterocycles. The molecule has 14 heteroatoms. The normalized spacial score (nSPS) is 18.5. The maximum atomic E-state index is 13.8. The number of carbonyl (C=O) groups excluding carboxylic acids is 6. The van der Waals surface area contributed by atoms with Gasteiger partial charge in [0.15, 0.2) is 0 Å². The fourth-order valence-electron chi connectivity index (χ4n) is 5.75. The number of hydrogen-bond donors (Lipinski definition) is 6. The largest absolute Gasteiger partial charge is 0.444 e. The molecule has 286 valence electrons.